The van der Waals surface area contributed by atoms with Gasteiger partial charge < -0.3 is 0 Å². The van der Waals surface area contributed by atoms with Gasteiger partial charge in [0, 0.05) is 36.7 Å². The van der Waals surface area contributed by atoms with Gasteiger partial charge in [0.25, 0.3) is 0 Å². The Kier molecular flexibility index (Phi) is 7.63. The Morgan fingerprint density at radius 1 is 1.03 bits per heavy atom. The summed E-state index contributed by atoms with van der Waals surface area (Å²) in [6, 6.07) is 15.9. The van der Waals surface area contributed by atoms with E-state index in [2.05, 4.69) is 15.2 Å². The lowest BCUT2D eigenvalue weighted by Crippen LogP contribution is -2.30. The highest BCUT2D eigenvalue weighted by Crippen LogP contribution is 2.31. The zero-order valence-corrected chi connectivity index (χ0v) is 20.8. The Balaban J connectivity index is 1.75. The van der Waals surface area contributed by atoms with E-state index in [1.54, 1.807) is 42.7 Å². The lowest BCUT2D eigenvalue weighted by molar-refractivity contribution is 0.0678. The molecule has 2 aromatic carbocycles. The summed E-state index contributed by atoms with van der Waals surface area (Å²) >= 11 is 1.21. The minimum Gasteiger partial charge on any atom is -0.277 e. The molecule has 0 N–H and O–H groups in total. The second-order valence-electron chi connectivity index (χ2n) is 7.41. The number of benzene rings is 2. The van der Waals surface area contributed by atoms with E-state index < -0.39 is 16.6 Å². The lowest BCUT2D eigenvalue weighted by Gasteiger charge is -2.19. The second-order valence-corrected chi connectivity index (χ2v) is 10.3. The van der Waals surface area contributed by atoms with Gasteiger partial charge in [0.2, 0.25) is 10.0 Å². The van der Waals surface area contributed by atoms with Crippen molar-refractivity contribution in [3.05, 3.63) is 72.8 Å². The maximum atomic E-state index is 13.2. The number of nitrogens with zero attached hydrogens (tertiary/aromatic N) is 6. The van der Waals surface area contributed by atoms with E-state index >= 15 is 0 Å². The highest BCUT2D eigenvalue weighted by atomic mass is 32.2. The van der Waals surface area contributed by atoms with Crippen LogP contribution in [0.4, 0.5) is 8.78 Å². The summed E-state index contributed by atoms with van der Waals surface area (Å²) in [7, 11) is -3.67. The molecule has 0 saturated carbocycles. The van der Waals surface area contributed by atoms with Crippen molar-refractivity contribution in [3.8, 4) is 17.1 Å². The molecule has 0 aliphatic carbocycles. The third-order valence-electron chi connectivity index (χ3n) is 5.37. The van der Waals surface area contributed by atoms with Crippen LogP contribution in [0.1, 0.15) is 26.2 Å². The van der Waals surface area contributed by atoms with Crippen molar-refractivity contribution in [1.82, 2.24) is 28.6 Å². The van der Waals surface area contributed by atoms with Crippen LogP contribution in [0.5, 0.6) is 0 Å². The number of aromatic nitrogens is 5. The number of imidazole rings is 1. The largest absolute Gasteiger partial charge is 0.319 e. The molecule has 0 atom stereocenters. The maximum Gasteiger partial charge on any atom is 0.319 e. The summed E-state index contributed by atoms with van der Waals surface area (Å²) in [4.78, 5) is 4.19. The van der Waals surface area contributed by atoms with Crippen LogP contribution in [0.2, 0.25) is 0 Å². The molecular weight excluding hydrogens is 494 g/mol. The first-order valence-electron chi connectivity index (χ1n) is 10.9. The summed E-state index contributed by atoms with van der Waals surface area (Å²) in [5, 5.41) is 9.10. The number of para-hydroxylation sites is 1. The Labute approximate surface area is 206 Å². The summed E-state index contributed by atoms with van der Waals surface area (Å²) in [6.45, 7) is 1.61. The Morgan fingerprint density at radius 2 is 1.77 bits per heavy atom. The van der Waals surface area contributed by atoms with Crippen molar-refractivity contribution in [2.45, 2.75) is 36.2 Å². The van der Waals surface area contributed by atoms with E-state index in [1.807, 2.05) is 30.3 Å². The van der Waals surface area contributed by atoms with Gasteiger partial charge in [0.15, 0.2) is 11.0 Å². The fourth-order valence-electron chi connectivity index (χ4n) is 3.63. The van der Waals surface area contributed by atoms with Crippen LogP contribution in [0.3, 0.4) is 0 Å². The molecule has 2 heterocycles. The van der Waals surface area contributed by atoms with Gasteiger partial charge >= 0.3 is 6.55 Å². The lowest BCUT2D eigenvalue weighted by atomic mass is 10.2. The number of hydrogen-bond acceptors (Lipinski definition) is 6. The predicted octanol–water partition coefficient (Wildman–Crippen LogP) is 4.85. The Bertz CT molecular complexity index is 1390. The van der Waals surface area contributed by atoms with Gasteiger partial charge in [-0.05, 0) is 24.3 Å². The van der Waals surface area contributed by atoms with Crippen molar-refractivity contribution in [1.29, 1.82) is 0 Å². The third kappa shape index (κ3) is 5.14. The number of hydrogen-bond donors (Lipinski definition) is 0. The number of thioether (sulfide) groups is 1. The molecule has 4 rings (SSSR count). The summed E-state index contributed by atoms with van der Waals surface area (Å²) in [5.41, 5.74) is 1.32. The van der Waals surface area contributed by atoms with Crippen molar-refractivity contribution < 1.29 is 17.2 Å². The summed E-state index contributed by atoms with van der Waals surface area (Å²) < 4.78 is 56.6. The van der Waals surface area contributed by atoms with Crippen LogP contribution in [-0.4, -0.2) is 50.1 Å². The van der Waals surface area contributed by atoms with E-state index in [0.717, 1.165) is 10.3 Å². The zero-order valence-electron chi connectivity index (χ0n) is 19.1. The SMILES string of the molecule is CCN(CC)S(=O)(=O)c1cccc(-c2nnc(SCc3nccn3C(F)F)n2-c2ccccc2)c1. The fraction of sp³-hybridized carbons (Fsp3) is 0.261. The molecule has 0 unspecified atom stereocenters. The smallest absolute Gasteiger partial charge is 0.277 e. The van der Waals surface area contributed by atoms with Crippen LogP contribution in [0, 0.1) is 0 Å². The molecule has 0 aliphatic rings. The molecule has 4 aromatic rings. The topological polar surface area (TPSA) is 85.9 Å². The van der Waals surface area contributed by atoms with Gasteiger partial charge in [0.05, 0.1) is 10.6 Å². The molecule has 0 bridgehead atoms. The van der Waals surface area contributed by atoms with Crippen LogP contribution in [-0.2, 0) is 15.8 Å². The average molecular weight is 519 g/mol. The van der Waals surface area contributed by atoms with Crippen LogP contribution >= 0.6 is 11.8 Å². The van der Waals surface area contributed by atoms with Gasteiger partial charge in [0.1, 0.15) is 5.82 Å². The van der Waals surface area contributed by atoms with Gasteiger partial charge in [-0.1, -0.05) is 55.9 Å². The third-order valence-corrected chi connectivity index (χ3v) is 8.34. The molecule has 2 aromatic heterocycles. The molecule has 8 nitrogen and oxygen atoms in total. The zero-order chi connectivity index (χ0) is 25.0. The highest BCUT2D eigenvalue weighted by molar-refractivity contribution is 7.98. The van der Waals surface area contributed by atoms with Gasteiger partial charge in [-0.3, -0.25) is 9.13 Å². The van der Waals surface area contributed by atoms with Gasteiger partial charge in [-0.15, -0.1) is 10.2 Å². The quantitative estimate of drug-likeness (QED) is 0.279. The van der Waals surface area contributed by atoms with Crippen molar-refractivity contribution in [2.24, 2.45) is 0 Å². The first-order valence-corrected chi connectivity index (χ1v) is 13.3. The van der Waals surface area contributed by atoms with Crippen molar-refractivity contribution >= 4 is 21.8 Å². The predicted molar refractivity (Wildman–Crippen MR) is 130 cm³/mol. The molecule has 0 saturated heterocycles. The van der Waals surface area contributed by atoms with Crippen LogP contribution in [0.25, 0.3) is 17.1 Å². The normalized spacial score (nSPS) is 12.1. The summed E-state index contributed by atoms with van der Waals surface area (Å²) in [5.74, 6) is 0.799. The van der Waals surface area contributed by atoms with E-state index in [-0.39, 0.29) is 16.5 Å². The van der Waals surface area contributed by atoms with Gasteiger partial charge in [-0.25, -0.2) is 13.4 Å². The number of halogens is 2. The average Bonchev–Trinajstić information content (AvgIpc) is 3.51. The second kappa shape index (κ2) is 10.7. The number of rotatable bonds is 10. The molecular formula is C23H24F2N6O2S2. The Morgan fingerprint density at radius 3 is 2.46 bits per heavy atom. The molecule has 0 aliphatic heterocycles. The van der Waals surface area contributed by atoms with Gasteiger partial charge in [-0.2, -0.15) is 13.1 Å². The highest BCUT2D eigenvalue weighted by Gasteiger charge is 2.24. The fourth-order valence-corrected chi connectivity index (χ4v) is 6.04. The minimum absolute atomic E-state index is 0.151. The molecule has 35 heavy (non-hydrogen) atoms. The van der Waals surface area contributed by atoms with Crippen LogP contribution < -0.4 is 0 Å². The number of alkyl halides is 2. The number of sulfonamides is 1. The minimum atomic E-state index is -3.67. The maximum absolute atomic E-state index is 13.2. The molecule has 0 fully saturated rings. The van der Waals surface area contributed by atoms with E-state index in [9.17, 15) is 17.2 Å². The summed E-state index contributed by atoms with van der Waals surface area (Å²) in [6.07, 6.45) is 2.56. The van der Waals surface area contributed by atoms with Crippen molar-refractivity contribution in [3.63, 3.8) is 0 Å². The molecule has 0 radical (unpaired) electrons. The van der Waals surface area contributed by atoms with Crippen molar-refractivity contribution in [2.75, 3.05) is 13.1 Å². The standard InChI is InChI=1S/C23H24F2N6O2S2/c1-3-29(4-2)35(32,33)19-12-8-9-17(15-19)21-27-28-23(31(21)18-10-6-5-7-11-18)34-16-20-26-13-14-30(20)22(24)25/h5-15,22H,3-4,16H2,1-2H3. The monoisotopic (exact) mass is 518 g/mol. The molecule has 0 amide bonds. The Hall–Kier alpha value is -3.09. The molecule has 0 spiro atoms. The van der Waals surface area contributed by atoms with Crippen LogP contribution in [0.15, 0.2) is 77.0 Å². The van der Waals surface area contributed by atoms with E-state index in [4.69, 9.17) is 0 Å². The molecule has 184 valence electrons. The first-order chi connectivity index (χ1) is 16.9. The first kappa shape index (κ1) is 25.0. The van der Waals surface area contributed by atoms with E-state index in [1.165, 1.54) is 28.5 Å². The van der Waals surface area contributed by atoms with E-state index in [0.29, 0.717) is 29.6 Å². The molecule has 12 heteroatoms.